The Morgan fingerprint density at radius 1 is 1.35 bits per heavy atom. The predicted octanol–water partition coefficient (Wildman–Crippen LogP) is 2.20. The summed E-state index contributed by atoms with van der Waals surface area (Å²) in [6.07, 6.45) is 1.22. The number of nitrogens with two attached hydrogens (primary N) is 1. The first-order valence-corrected chi connectivity index (χ1v) is 5.99. The van der Waals surface area contributed by atoms with Crippen molar-refractivity contribution in [2.75, 3.05) is 13.6 Å². The van der Waals surface area contributed by atoms with Crippen LogP contribution in [0.15, 0.2) is 18.3 Å². The molecule has 1 rings (SSSR count). The Balaban J connectivity index is 2.63. The van der Waals surface area contributed by atoms with E-state index in [1.165, 1.54) is 12.3 Å². The molecule has 3 nitrogen and oxygen atoms in total. The van der Waals surface area contributed by atoms with Crippen molar-refractivity contribution in [2.24, 2.45) is 11.7 Å². The molecule has 0 aromatic carbocycles. The summed E-state index contributed by atoms with van der Waals surface area (Å²) in [5.41, 5.74) is 6.87. The molecule has 0 bridgehead atoms. The van der Waals surface area contributed by atoms with E-state index in [2.05, 4.69) is 37.7 Å². The van der Waals surface area contributed by atoms with Crippen LogP contribution in [0.3, 0.4) is 0 Å². The smallest absolute Gasteiger partial charge is 0.141 e. The van der Waals surface area contributed by atoms with Gasteiger partial charge in [0.2, 0.25) is 0 Å². The van der Waals surface area contributed by atoms with Gasteiger partial charge in [-0.15, -0.1) is 0 Å². The summed E-state index contributed by atoms with van der Waals surface area (Å²) in [6, 6.07) is 3.40. The highest BCUT2D eigenvalue weighted by molar-refractivity contribution is 5.10. The van der Waals surface area contributed by atoms with Gasteiger partial charge < -0.3 is 10.6 Å². The lowest BCUT2D eigenvalue weighted by Crippen LogP contribution is -2.35. The minimum atomic E-state index is -0.326. The Kier molecular flexibility index (Phi) is 5.02. The molecule has 0 aliphatic rings. The maximum atomic E-state index is 12.8. The molecule has 0 fully saturated rings. The van der Waals surface area contributed by atoms with Crippen molar-refractivity contribution in [3.05, 3.63) is 29.8 Å². The highest BCUT2D eigenvalue weighted by Crippen LogP contribution is 2.18. The summed E-state index contributed by atoms with van der Waals surface area (Å²) in [4.78, 5) is 6.28. The minimum Gasteiger partial charge on any atom is -0.322 e. The van der Waals surface area contributed by atoms with Crippen molar-refractivity contribution >= 4 is 0 Å². The summed E-state index contributed by atoms with van der Waals surface area (Å²) in [7, 11) is 2.08. The van der Waals surface area contributed by atoms with E-state index in [4.69, 9.17) is 5.73 Å². The van der Waals surface area contributed by atoms with E-state index >= 15 is 0 Å². The van der Waals surface area contributed by atoms with E-state index in [0.29, 0.717) is 6.04 Å². The average molecular weight is 239 g/mol. The van der Waals surface area contributed by atoms with Gasteiger partial charge >= 0.3 is 0 Å². The summed E-state index contributed by atoms with van der Waals surface area (Å²) in [6.45, 7) is 7.29. The van der Waals surface area contributed by atoms with E-state index in [-0.39, 0.29) is 17.8 Å². The molecule has 2 N–H and O–H groups in total. The molecule has 1 aromatic rings. The maximum Gasteiger partial charge on any atom is 0.141 e. The van der Waals surface area contributed by atoms with Crippen molar-refractivity contribution < 1.29 is 4.39 Å². The number of hydrogen-bond acceptors (Lipinski definition) is 3. The molecule has 0 radical (unpaired) electrons. The van der Waals surface area contributed by atoms with E-state index in [0.717, 1.165) is 12.2 Å². The van der Waals surface area contributed by atoms with Crippen LogP contribution >= 0.6 is 0 Å². The van der Waals surface area contributed by atoms with Gasteiger partial charge in [0, 0.05) is 12.6 Å². The van der Waals surface area contributed by atoms with Crippen LogP contribution in [0.4, 0.5) is 4.39 Å². The lowest BCUT2D eigenvalue weighted by Gasteiger charge is -2.28. The van der Waals surface area contributed by atoms with Gasteiger partial charge in [-0.1, -0.05) is 6.92 Å². The first-order chi connectivity index (χ1) is 7.91. The normalized spacial score (nSPS) is 15.3. The third-order valence-electron chi connectivity index (χ3n) is 3.16. The Bertz CT molecular complexity index is 337. The molecule has 96 valence electrons. The molecular weight excluding hydrogens is 217 g/mol. The van der Waals surface area contributed by atoms with Gasteiger partial charge in [-0.05, 0) is 38.9 Å². The number of aromatic nitrogens is 1. The van der Waals surface area contributed by atoms with Gasteiger partial charge in [0.1, 0.15) is 5.82 Å². The second-order valence-corrected chi connectivity index (χ2v) is 4.94. The highest BCUT2D eigenvalue weighted by atomic mass is 19.1. The summed E-state index contributed by atoms with van der Waals surface area (Å²) in [5, 5.41) is 0. The third-order valence-corrected chi connectivity index (χ3v) is 3.16. The first-order valence-electron chi connectivity index (χ1n) is 5.99. The predicted molar refractivity (Wildman–Crippen MR) is 68.1 cm³/mol. The van der Waals surface area contributed by atoms with Crippen LogP contribution in [-0.2, 0) is 0 Å². The molecule has 0 aliphatic carbocycles. The van der Waals surface area contributed by atoms with Crippen LogP contribution in [0, 0.1) is 11.7 Å². The fourth-order valence-corrected chi connectivity index (χ4v) is 1.65. The molecule has 1 aromatic heterocycles. The van der Waals surface area contributed by atoms with Gasteiger partial charge in [-0.2, -0.15) is 0 Å². The monoisotopic (exact) mass is 239 g/mol. The van der Waals surface area contributed by atoms with Crippen LogP contribution < -0.4 is 5.73 Å². The van der Waals surface area contributed by atoms with Crippen molar-refractivity contribution in [3.8, 4) is 0 Å². The lowest BCUT2D eigenvalue weighted by atomic mass is 9.98. The molecule has 2 atom stereocenters. The Labute approximate surface area is 103 Å². The minimum absolute atomic E-state index is 0.156. The van der Waals surface area contributed by atoms with Gasteiger partial charge in [-0.25, -0.2) is 4.39 Å². The molecule has 0 saturated carbocycles. The standard InChI is InChI=1S/C13H22FN3/c1-9(2)17(4)8-10(3)13(15)12-6-5-11(14)7-16-12/h5-7,9-10,13H,8,15H2,1-4H3. The second-order valence-electron chi connectivity index (χ2n) is 4.94. The molecule has 1 heterocycles. The van der Waals surface area contributed by atoms with E-state index in [9.17, 15) is 4.39 Å². The Morgan fingerprint density at radius 3 is 2.47 bits per heavy atom. The summed E-state index contributed by atoms with van der Waals surface area (Å²) >= 11 is 0. The third kappa shape index (κ3) is 4.06. The van der Waals surface area contributed by atoms with Crippen molar-refractivity contribution in [1.82, 2.24) is 9.88 Å². The van der Waals surface area contributed by atoms with Crippen molar-refractivity contribution in [1.29, 1.82) is 0 Å². The van der Waals surface area contributed by atoms with Crippen LogP contribution in [-0.4, -0.2) is 29.5 Å². The van der Waals surface area contributed by atoms with Crippen molar-refractivity contribution in [3.63, 3.8) is 0 Å². The van der Waals surface area contributed by atoms with E-state index in [1.807, 2.05) is 0 Å². The topological polar surface area (TPSA) is 42.1 Å². The van der Waals surface area contributed by atoms with Crippen LogP contribution in [0.1, 0.15) is 32.5 Å². The van der Waals surface area contributed by atoms with Gasteiger partial charge in [-0.3, -0.25) is 4.98 Å². The van der Waals surface area contributed by atoms with E-state index in [1.54, 1.807) is 6.07 Å². The molecular formula is C13H22FN3. The van der Waals surface area contributed by atoms with Gasteiger partial charge in [0.05, 0.1) is 17.9 Å². The summed E-state index contributed by atoms with van der Waals surface area (Å²) < 4.78 is 12.8. The maximum absolute atomic E-state index is 12.8. The molecule has 2 unspecified atom stereocenters. The highest BCUT2D eigenvalue weighted by Gasteiger charge is 2.18. The number of pyridine rings is 1. The number of halogens is 1. The Hall–Kier alpha value is -1.00. The zero-order valence-corrected chi connectivity index (χ0v) is 11.0. The fourth-order valence-electron chi connectivity index (χ4n) is 1.65. The molecule has 17 heavy (non-hydrogen) atoms. The SMILES string of the molecule is CC(CN(C)C(C)C)C(N)c1ccc(F)cn1. The number of rotatable bonds is 5. The largest absolute Gasteiger partial charge is 0.322 e. The second kappa shape index (κ2) is 6.07. The zero-order chi connectivity index (χ0) is 13.0. The molecule has 0 spiro atoms. The van der Waals surface area contributed by atoms with Crippen LogP contribution in [0.2, 0.25) is 0 Å². The quantitative estimate of drug-likeness (QED) is 0.856. The van der Waals surface area contributed by atoms with Crippen LogP contribution in [0.5, 0.6) is 0 Å². The molecule has 0 aliphatic heterocycles. The zero-order valence-electron chi connectivity index (χ0n) is 11.0. The van der Waals surface area contributed by atoms with E-state index < -0.39 is 0 Å². The van der Waals surface area contributed by atoms with Crippen LogP contribution in [0.25, 0.3) is 0 Å². The van der Waals surface area contributed by atoms with Crippen molar-refractivity contribution in [2.45, 2.75) is 32.9 Å². The van der Waals surface area contributed by atoms with Gasteiger partial charge in [0.25, 0.3) is 0 Å². The first kappa shape index (κ1) is 14.1. The molecule has 4 heteroatoms. The lowest BCUT2D eigenvalue weighted by molar-refractivity contribution is 0.221. The number of nitrogens with zero attached hydrogens (tertiary/aromatic N) is 2. The molecule has 0 saturated heterocycles. The number of hydrogen-bond donors (Lipinski definition) is 1. The average Bonchev–Trinajstić information content (AvgIpc) is 2.28. The molecule has 0 amide bonds. The Morgan fingerprint density at radius 2 is 2.00 bits per heavy atom. The summed E-state index contributed by atoms with van der Waals surface area (Å²) in [5.74, 6) is -0.0479. The van der Waals surface area contributed by atoms with Gasteiger partial charge in [0.15, 0.2) is 0 Å². The fraction of sp³-hybridized carbons (Fsp3) is 0.615.